The average Bonchev–Trinajstić information content (AvgIpc) is 2.80. The van der Waals surface area contributed by atoms with Crippen LogP contribution in [0.15, 0.2) is 18.2 Å². The molecule has 0 bridgehead atoms. The second kappa shape index (κ2) is 5.70. The van der Waals surface area contributed by atoms with E-state index in [2.05, 4.69) is 5.32 Å². The molecule has 0 aliphatic carbocycles. The number of halogens is 2. The van der Waals surface area contributed by atoms with Crippen LogP contribution in [0.4, 0.5) is 4.39 Å². The summed E-state index contributed by atoms with van der Waals surface area (Å²) in [5.41, 5.74) is 0.275. The van der Waals surface area contributed by atoms with Crippen LogP contribution < -0.4 is 5.32 Å². The van der Waals surface area contributed by atoms with Gasteiger partial charge in [-0.2, -0.15) is 0 Å². The van der Waals surface area contributed by atoms with E-state index < -0.39 is 5.82 Å². The van der Waals surface area contributed by atoms with Crippen molar-refractivity contribution in [3.8, 4) is 0 Å². The summed E-state index contributed by atoms with van der Waals surface area (Å²) in [4.78, 5) is 14.3. The molecule has 2 heterocycles. The number of hydrogen-bond donors (Lipinski definition) is 1. The number of likely N-dealkylation sites (tertiary alicyclic amines) is 1. The smallest absolute Gasteiger partial charge is 0.255 e. The summed E-state index contributed by atoms with van der Waals surface area (Å²) in [6.07, 6.45) is 2.02. The van der Waals surface area contributed by atoms with Crippen LogP contribution >= 0.6 is 11.6 Å². The predicted octanol–water partition coefficient (Wildman–Crippen LogP) is 2.55. The lowest BCUT2D eigenvalue weighted by molar-refractivity contribution is 0.0758. The maximum atomic E-state index is 13.5. The lowest BCUT2D eigenvalue weighted by Gasteiger charge is -2.21. The first-order chi connectivity index (χ1) is 9.66. The topological polar surface area (TPSA) is 32.3 Å². The van der Waals surface area contributed by atoms with E-state index >= 15 is 0 Å². The van der Waals surface area contributed by atoms with Crippen molar-refractivity contribution in [3.05, 3.63) is 34.6 Å². The van der Waals surface area contributed by atoms with Crippen molar-refractivity contribution in [1.29, 1.82) is 0 Å². The maximum Gasteiger partial charge on any atom is 0.255 e. The lowest BCUT2D eigenvalue weighted by atomic mass is 9.92. The van der Waals surface area contributed by atoms with Gasteiger partial charge in [-0.3, -0.25) is 4.79 Å². The highest BCUT2D eigenvalue weighted by atomic mass is 35.5. The van der Waals surface area contributed by atoms with Crippen molar-refractivity contribution in [2.45, 2.75) is 12.8 Å². The number of fused-ring (bicyclic) bond motifs is 1. The monoisotopic (exact) mass is 296 g/mol. The minimum absolute atomic E-state index is 0.0661. The molecule has 20 heavy (non-hydrogen) atoms. The molecule has 0 aromatic heterocycles. The van der Waals surface area contributed by atoms with Crippen molar-refractivity contribution >= 4 is 17.5 Å². The molecule has 2 saturated heterocycles. The second-order valence-electron chi connectivity index (χ2n) is 5.65. The Labute approximate surface area is 123 Å². The molecule has 2 atom stereocenters. The van der Waals surface area contributed by atoms with Crippen LogP contribution in [0.25, 0.3) is 0 Å². The van der Waals surface area contributed by atoms with Crippen molar-refractivity contribution in [2.75, 3.05) is 26.2 Å². The Balaban J connectivity index is 1.75. The molecule has 0 unspecified atom stereocenters. The highest BCUT2D eigenvalue weighted by Crippen LogP contribution is 2.29. The normalized spacial score (nSPS) is 26.2. The standard InChI is InChI=1S/C15H18ClFN2O/c16-14-12(2-1-3-13(14)17)15(20)19-6-4-10-8-18-9-11(10)5-7-19/h1-3,10-11,18H,4-9H2/t10-,11+. The molecule has 3 nitrogen and oxygen atoms in total. The third-order valence-electron chi connectivity index (χ3n) is 4.49. The summed E-state index contributed by atoms with van der Waals surface area (Å²) < 4.78 is 13.5. The highest BCUT2D eigenvalue weighted by Gasteiger charge is 2.32. The number of carbonyl (C=O) groups excluding carboxylic acids is 1. The fraction of sp³-hybridized carbons (Fsp3) is 0.533. The van der Waals surface area contributed by atoms with Gasteiger partial charge >= 0.3 is 0 Å². The number of nitrogens with one attached hydrogen (secondary N) is 1. The predicted molar refractivity (Wildman–Crippen MR) is 76.4 cm³/mol. The van der Waals surface area contributed by atoms with Gasteiger partial charge in [0.25, 0.3) is 5.91 Å². The van der Waals surface area contributed by atoms with E-state index in [0.717, 1.165) is 39.0 Å². The van der Waals surface area contributed by atoms with Crippen LogP contribution in [-0.2, 0) is 0 Å². The zero-order chi connectivity index (χ0) is 14.1. The van der Waals surface area contributed by atoms with Gasteiger partial charge in [0.1, 0.15) is 5.82 Å². The van der Waals surface area contributed by atoms with Gasteiger partial charge in [0.15, 0.2) is 0 Å². The molecule has 1 aromatic carbocycles. The number of nitrogens with zero attached hydrogens (tertiary/aromatic N) is 1. The first-order valence-electron chi connectivity index (χ1n) is 7.11. The number of amides is 1. The van der Waals surface area contributed by atoms with Gasteiger partial charge in [0, 0.05) is 13.1 Å². The molecule has 5 heteroatoms. The van der Waals surface area contributed by atoms with Crippen molar-refractivity contribution in [1.82, 2.24) is 10.2 Å². The first kappa shape index (κ1) is 13.8. The zero-order valence-corrected chi connectivity index (χ0v) is 12.0. The zero-order valence-electron chi connectivity index (χ0n) is 11.2. The minimum Gasteiger partial charge on any atom is -0.339 e. The molecule has 1 N–H and O–H groups in total. The van der Waals surface area contributed by atoms with Crippen LogP contribution in [0.2, 0.25) is 5.02 Å². The van der Waals surface area contributed by atoms with Crippen molar-refractivity contribution in [3.63, 3.8) is 0 Å². The molecule has 2 aliphatic heterocycles. The molecule has 1 amide bonds. The van der Waals surface area contributed by atoms with Crippen LogP contribution in [-0.4, -0.2) is 37.0 Å². The molecule has 2 fully saturated rings. The fourth-order valence-electron chi connectivity index (χ4n) is 3.26. The van der Waals surface area contributed by atoms with Crippen molar-refractivity contribution < 1.29 is 9.18 Å². The number of hydrogen-bond acceptors (Lipinski definition) is 2. The lowest BCUT2D eigenvalue weighted by Crippen LogP contribution is -2.33. The molecule has 2 aliphatic rings. The summed E-state index contributed by atoms with van der Waals surface area (Å²) in [5.74, 6) is 0.641. The molecule has 108 valence electrons. The molecule has 0 saturated carbocycles. The minimum atomic E-state index is -0.534. The van der Waals surface area contributed by atoms with Gasteiger partial charge in [-0.25, -0.2) is 4.39 Å². The van der Waals surface area contributed by atoms with Gasteiger partial charge < -0.3 is 10.2 Å². The Morgan fingerprint density at radius 1 is 1.25 bits per heavy atom. The Hall–Kier alpha value is -1.13. The third-order valence-corrected chi connectivity index (χ3v) is 4.87. The molecule has 0 spiro atoms. The van der Waals surface area contributed by atoms with Crippen LogP contribution in [0, 0.1) is 17.7 Å². The summed E-state index contributed by atoms with van der Waals surface area (Å²) >= 11 is 5.91. The van der Waals surface area contributed by atoms with Crippen LogP contribution in [0.3, 0.4) is 0 Å². The third kappa shape index (κ3) is 2.54. The quantitative estimate of drug-likeness (QED) is 0.864. The molecular weight excluding hydrogens is 279 g/mol. The van der Waals surface area contributed by atoms with E-state index in [9.17, 15) is 9.18 Å². The Morgan fingerprint density at radius 3 is 2.55 bits per heavy atom. The van der Waals surface area contributed by atoms with Crippen LogP contribution in [0.5, 0.6) is 0 Å². The fourth-order valence-corrected chi connectivity index (χ4v) is 3.47. The Morgan fingerprint density at radius 2 is 1.90 bits per heavy atom. The van der Waals surface area contributed by atoms with E-state index in [1.54, 1.807) is 6.07 Å². The van der Waals surface area contributed by atoms with Crippen LogP contribution in [0.1, 0.15) is 23.2 Å². The van der Waals surface area contributed by atoms with Crippen molar-refractivity contribution in [2.24, 2.45) is 11.8 Å². The van der Waals surface area contributed by atoms with Gasteiger partial charge in [0.2, 0.25) is 0 Å². The number of benzene rings is 1. The van der Waals surface area contributed by atoms with Gasteiger partial charge in [-0.15, -0.1) is 0 Å². The Kier molecular flexibility index (Phi) is 3.94. The summed E-state index contributed by atoms with van der Waals surface area (Å²) in [5, 5.41) is 3.34. The second-order valence-corrected chi connectivity index (χ2v) is 6.03. The summed E-state index contributed by atoms with van der Waals surface area (Å²) in [6.45, 7) is 3.56. The number of rotatable bonds is 1. The molecule has 1 aromatic rings. The maximum absolute atomic E-state index is 13.5. The number of carbonyl (C=O) groups is 1. The summed E-state index contributed by atoms with van der Waals surface area (Å²) in [6, 6.07) is 4.41. The van der Waals surface area contributed by atoms with E-state index in [-0.39, 0.29) is 16.5 Å². The van der Waals surface area contributed by atoms with Gasteiger partial charge in [0.05, 0.1) is 10.6 Å². The highest BCUT2D eigenvalue weighted by molar-refractivity contribution is 6.34. The largest absolute Gasteiger partial charge is 0.339 e. The van der Waals surface area contributed by atoms with Gasteiger partial charge in [-0.1, -0.05) is 17.7 Å². The Bertz CT molecular complexity index is 509. The first-order valence-corrected chi connectivity index (χ1v) is 7.48. The molecule has 3 rings (SSSR count). The SMILES string of the molecule is O=C(c1cccc(F)c1Cl)N1CC[C@@H]2CNC[C@@H]2CC1. The van der Waals surface area contributed by atoms with Gasteiger partial charge in [-0.05, 0) is 49.9 Å². The average molecular weight is 297 g/mol. The van der Waals surface area contributed by atoms with E-state index in [4.69, 9.17) is 11.6 Å². The van der Waals surface area contributed by atoms with E-state index in [0.29, 0.717) is 11.8 Å². The van der Waals surface area contributed by atoms with E-state index in [1.807, 2.05) is 4.90 Å². The van der Waals surface area contributed by atoms with E-state index in [1.165, 1.54) is 12.1 Å². The molecular formula is C15H18ClFN2O. The summed E-state index contributed by atoms with van der Waals surface area (Å²) in [7, 11) is 0. The molecule has 0 radical (unpaired) electrons.